The minimum Gasteiger partial charge on any atom is -0.497 e. The van der Waals surface area contributed by atoms with E-state index in [4.69, 9.17) is 4.74 Å². The number of hydrogen-bond donors (Lipinski definition) is 3. The SMILES string of the molecule is COc1ccc(C(=O)NCCNC(=O)CCNC(=O)N(C)Cc2ccccc2)cc1. The molecule has 0 heterocycles. The molecule has 0 atom stereocenters. The first-order valence-electron chi connectivity index (χ1n) is 9.71. The Balaban J connectivity index is 1.57. The third kappa shape index (κ3) is 7.83. The molecule has 0 aliphatic heterocycles. The molecule has 0 fully saturated rings. The highest BCUT2D eigenvalue weighted by Crippen LogP contribution is 2.10. The van der Waals surface area contributed by atoms with Crippen molar-refractivity contribution in [2.24, 2.45) is 0 Å². The fourth-order valence-electron chi connectivity index (χ4n) is 2.66. The molecule has 0 spiro atoms. The molecule has 3 N–H and O–H groups in total. The van der Waals surface area contributed by atoms with E-state index in [1.54, 1.807) is 43.3 Å². The summed E-state index contributed by atoms with van der Waals surface area (Å²) in [5, 5.41) is 8.16. The van der Waals surface area contributed by atoms with Crippen molar-refractivity contribution in [2.45, 2.75) is 13.0 Å². The van der Waals surface area contributed by atoms with Gasteiger partial charge in [-0.1, -0.05) is 30.3 Å². The van der Waals surface area contributed by atoms with E-state index < -0.39 is 0 Å². The van der Waals surface area contributed by atoms with Gasteiger partial charge >= 0.3 is 6.03 Å². The topological polar surface area (TPSA) is 99.8 Å². The third-order valence-electron chi connectivity index (χ3n) is 4.32. The summed E-state index contributed by atoms with van der Waals surface area (Å²) in [6.45, 7) is 1.35. The average Bonchev–Trinajstić information content (AvgIpc) is 2.77. The molecule has 160 valence electrons. The summed E-state index contributed by atoms with van der Waals surface area (Å²) in [4.78, 5) is 37.5. The molecular weight excluding hydrogens is 384 g/mol. The fraction of sp³-hybridized carbons (Fsp3) is 0.318. The lowest BCUT2D eigenvalue weighted by atomic mass is 10.2. The maximum atomic E-state index is 12.1. The fourth-order valence-corrected chi connectivity index (χ4v) is 2.66. The number of nitrogens with zero attached hydrogens (tertiary/aromatic N) is 1. The molecule has 8 heteroatoms. The van der Waals surface area contributed by atoms with Gasteiger partial charge in [0.2, 0.25) is 5.91 Å². The molecule has 2 aromatic carbocycles. The van der Waals surface area contributed by atoms with Crippen molar-refractivity contribution in [3.05, 3.63) is 65.7 Å². The van der Waals surface area contributed by atoms with Crippen molar-refractivity contribution >= 4 is 17.8 Å². The largest absolute Gasteiger partial charge is 0.497 e. The van der Waals surface area contributed by atoms with Crippen LogP contribution in [0.4, 0.5) is 4.79 Å². The molecule has 2 rings (SSSR count). The Morgan fingerprint density at radius 1 is 0.867 bits per heavy atom. The lowest BCUT2D eigenvalue weighted by Crippen LogP contribution is -2.39. The van der Waals surface area contributed by atoms with E-state index in [1.165, 1.54) is 0 Å². The van der Waals surface area contributed by atoms with E-state index >= 15 is 0 Å². The van der Waals surface area contributed by atoms with Gasteiger partial charge in [0.05, 0.1) is 7.11 Å². The highest BCUT2D eigenvalue weighted by atomic mass is 16.5. The predicted octanol–water partition coefficient (Wildman–Crippen LogP) is 1.77. The van der Waals surface area contributed by atoms with Crippen LogP contribution in [0.25, 0.3) is 0 Å². The van der Waals surface area contributed by atoms with Gasteiger partial charge in [0, 0.05) is 45.2 Å². The van der Waals surface area contributed by atoms with Gasteiger partial charge in [0.15, 0.2) is 0 Å². The molecule has 0 aromatic heterocycles. The molecule has 30 heavy (non-hydrogen) atoms. The third-order valence-corrected chi connectivity index (χ3v) is 4.32. The standard InChI is InChI=1S/C22H28N4O4/c1-26(16-17-6-4-3-5-7-17)22(29)25-13-12-20(27)23-14-15-24-21(28)18-8-10-19(30-2)11-9-18/h3-11H,12-16H2,1-2H3,(H,23,27)(H,24,28)(H,25,29). The number of hydrogen-bond acceptors (Lipinski definition) is 4. The van der Waals surface area contributed by atoms with Crippen LogP contribution in [0.5, 0.6) is 5.75 Å². The van der Waals surface area contributed by atoms with Crippen LogP contribution < -0.4 is 20.7 Å². The van der Waals surface area contributed by atoms with Crippen LogP contribution in [-0.4, -0.2) is 56.5 Å². The van der Waals surface area contributed by atoms with E-state index in [0.29, 0.717) is 30.9 Å². The Kier molecular flexibility index (Phi) is 9.18. The van der Waals surface area contributed by atoms with E-state index in [1.807, 2.05) is 30.3 Å². The minimum absolute atomic E-state index is 0.164. The molecule has 0 saturated carbocycles. The number of ether oxygens (including phenoxy) is 1. The Morgan fingerprint density at radius 2 is 1.53 bits per heavy atom. The number of carbonyl (C=O) groups excluding carboxylic acids is 3. The Morgan fingerprint density at radius 3 is 2.20 bits per heavy atom. The van der Waals surface area contributed by atoms with Gasteiger partial charge in [0.25, 0.3) is 5.91 Å². The first-order chi connectivity index (χ1) is 14.5. The van der Waals surface area contributed by atoms with Gasteiger partial charge in [-0.3, -0.25) is 9.59 Å². The number of benzene rings is 2. The Bertz CT molecular complexity index is 825. The number of rotatable bonds is 10. The molecule has 8 nitrogen and oxygen atoms in total. The highest BCUT2D eigenvalue weighted by Gasteiger charge is 2.10. The molecule has 4 amide bonds. The maximum absolute atomic E-state index is 12.1. The normalized spacial score (nSPS) is 10.1. The van der Waals surface area contributed by atoms with E-state index in [0.717, 1.165) is 5.56 Å². The molecular formula is C22H28N4O4. The Labute approximate surface area is 176 Å². The minimum atomic E-state index is -0.238. The maximum Gasteiger partial charge on any atom is 0.317 e. The number of urea groups is 1. The van der Waals surface area contributed by atoms with Gasteiger partial charge in [-0.05, 0) is 29.8 Å². The summed E-state index contributed by atoms with van der Waals surface area (Å²) in [5.74, 6) is 0.262. The van der Waals surface area contributed by atoms with Crippen LogP contribution in [-0.2, 0) is 11.3 Å². The first-order valence-corrected chi connectivity index (χ1v) is 9.71. The van der Waals surface area contributed by atoms with Crippen molar-refractivity contribution in [3.63, 3.8) is 0 Å². The lowest BCUT2D eigenvalue weighted by Gasteiger charge is -2.18. The zero-order valence-electron chi connectivity index (χ0n) is 17.3. The van der Waals surface area contributed by atoms with Crippen LogP contribution >= 0.6 is 0 Å². The van der Waals surface area contributed by atoms with Crippen molar-refractivity contribution in [1.82, 2.24) is 20.9 Å². The van der Waals surface area contributed by atoms with Gasteiger partial charge in [-0.15, -0.1) is 0 Å². The lowest BCUT2D eigenvalue weighted by molar-refractivity contribution is -0.120. The Hall–Kier alpha value is -3.55. The molecule has 0 unspecified atom stereocenters. The summed E-state index contributed by atoms with van der Waals surface area (Å²) in [6.07, 6.45) is 0.164. The molecule has 0 aliphatic rings. The van der Waals surface area contributed by atoms with Gasteiger partial charge in [0.1, 0.15) is 5.75 Å². The van der Waals surface area contributed by atoms with E-state index in [2.05, 4.69) is 16.0 Å². The van der Waals surface area contributed by atoms with Gasteiger partial charge in [-0.2, -0.15) is 0 Å². The molecule has 0 saturated heterocycles. The summed E-state index contributed by atoms with van der Waals surface area (Å²) in [7, 11) is 3.26. The average molecular weight is 412 g/mol. The van der Waals surface area contributed by atoms with Crippen molar-refractivity contribution in [3.8, 4) is 5.75 Å². The monoisotopic (exact) mass is 412 g/mol. The van der Waals surface area contributed by atoms with E-state index in [-0.39, 0.29) is 30.8 Å². The zero-order chi connectivity index (χ0) is 21.8. The number of methoxy groups -OCH3 is 1. The van der Waals surface area contributed by atoms with Gasteiger partial charge in [-0.25, -0.2) is 4.79 Å². The highest BCUT2D eigenvalue weighted by molar-refractivity contribution is 5.94. The van der Waals surface area contributed by atoms with E-state index in [9.17, 15) is 14.4 Å². The van der Waals surface area contributed by atoms with Crippen LogP contribution in [0.15, 0.2) is 54.6 Å². The summed E-state index contributed by atoms with van der Waals surface area (Å²) < 4.78 is 5.05. The van der Waals surface area contributed by atoms with Crippen LogP contribution in [0.2, 0.25) is 0 Å². The molecule has 0 radical (unpaired) electrons. The summed E-state index contributed by atoms with van der Waals surface area (Å²) in [5.41, 5.74) is 1.55. The number of amides is 4. The van der Waals surface area contributed by atoms with Crippen LogP contribution in [0, 0.1) is 0 Å². The van der Waals surface area contributed by atoms with Crippen molar-refractivity contribution in [2.75, 3.05) is 33.8 Å². The summed E-state index contributed by atoms with van der Waals surface area (Å²) in [6, 6.07) is 16.2. The molecule has 2 aromatic rings. The summed E-state index contributed by atoms with van der Waals surface area (Å²) >= 11 is 0. The molecule has 0 bridgehead atoms. The second-order valence-electron chi connectivity index (χ2n) is 6.66. The smallest absolute Gasteiger partial charge is 0.317 e. The van der Waals surface area contributed by atoms with Crippen LogP contribution in [0.1, 0.15) is 22.3 Å². The number of nitrogens with one attached hydrogen (secondary N) is 3. The zero-order valence-corrected chi connectivity index (χ0v) is 17.3. The first kappa shape index (κ1) is 22.7. The second kappa shape index (κ2) is 12.1. The van der Waals surface area contributed by atoms with Gasteiger partial charge < -0.3 is 25.6 Å². The van der Waals surface area contributed by atoms with Crippen LogP contribution in [0.3, 0.4) is 0 Å². The second-order valence-corrected chi connectivity index (χ2v) is 6.66. The number of carbonyl (C=O) groups is 3. The quantitative estimate of drug-likeness (QED) is 0.518. The van der Waals surface area contributed by atoms with Crippen molar-refractivity contribution in [1.29, 1.82) is 0 Å². The molecule has 0 aliphatic carbocycles. The van der Waals surface area contributed by atoms with Crippen molar-refractivity contribution < 1.29 is 19.1 Å². The predicted molar refractivity (Wildman–Crippen MR) is 114 cm³/mol.